The number of rotatable bonds is 6. The zero-order valence-corrected chi connectivity index (χ0v) is 15.1. The molecule has 0 bridgehead atoms. The summed E-state index contributed by atoms with van der Waals surface area (Å²) in [6.45, 7) is 1.38. The van der Waals surface area contributed by atoms with Crippen LogP contribution in [0.5, 0.6) is 0 Å². The van der Waals surface area contributed by atoms with Gasteiger partial charge in [-0.3, -0.25) is 14.5 Å². The molecular formula is C21H24N2O4. The average molecular weight is 368 g/mol. The smallest absolute Gasteiger partial charge is 0.320 e. The second kappa shape index (κ2) is 7.40. The molecule has 6 heteroatoms. The van der Waals surface area contributed by atoms with E-state index in [1.54, 1.807) is 5.06 Å². The molecule has 0 aliphatic carbocycles. The van der Waals surface area contributed by atoms with Crippen LogP contribution in [0.2, 0.25) is 0 Å². The Hall–Kier alpha value is -2.25. The van der Waals surface area contributed by atoms with Crippen molar-refractivity contribution in [1.29, 1.82) is 0 Å². The molecule has 2 fully saturated rings. The maximum absolute atomic E-state index is 11.8. The summed E-state index contributed by atoms with van der Waals surface area (Å²) in [6, 6.07) is 19.0. The van der Waals surface area contributed by atoms with Gasteiger partial charge in [-0.1, -0.05) is 60.7 Å². The maximum Gasteiger partial charge on any atom is 0.320 e. The lowest BCUT2D eigenvalue weighted by Gasteiger charge is -2.56. The largest absolute Gasteiger partial charge is 0.480 e. The molecule has 2 aliphatic heterocycles. The van der Waals surface area contributed by atoms with Gasteiger partial charge >= 0.3 is 5.97 Å². The lowest BCUT2D eigenvalue weighted by atomic mass is 9.86. The molecule has 27 heavy (non-hydrogen) atoms. The Kier molecular flexibility index (Phi) is 4.97. The van der Waals surface area contributed by atoms with Gasteiger partial charge in [0.1, 0.15) is 12.3 Å². The maximum atomic E-state index is 11.8. The van der Waals surface area contributed by atoms with Crippen molar-refractivity contribution in [2.75, 3.05) is 6.54 Å². The number of aliphatic hydroxyl groups excluding tert-OH is 1. The molecule has 142 valence electrons. The monoisotopic (exact) mass is 368 g/mol. The number of carbonyl (C=O) groups is 1. The molecule has 2 aliphatic rings. The highest BCUT2D eigenvalue weighted by Crippen LogP contribution is 2.45. The summed E-state index contributed by atoms with van der Waals surface area (Å²) in [5.41, 5.74) is 1.50. The number of carboxylic acid groups (broad SMARTS) is 1. The second-order valence-electron chi connectivity index (χ2n) is 7.32. The van der Waals surface area contributed by atoms with Gasteiger partial charge in [0.25, 0.3) is 0 Å². The van der Waals surface area contributed by atoms with E-state index in [1.165, 1.54) is 0 Å². The Morgan fingerprint density at radius 2 is 1.70 bits per heavy atom. The summed E-state index contributed by atoms with van der Waals surface area (Å²) in [5.74, 6) is -0.835. The normalized spacial score (nSPS) is 28.3. The van der Waals surface area contributed by atoms with Crippen molar-refractivity contribution in [1.82, 2.24) is 9.96 Å². The summed E-state index contributed by atoms with van der Waals surface area (Å²) >= 11 is 0. The van der Waals surface area contributed by atoms with E-state index in [-0.39, 0.29) is 0 Å². The van der Waals surface area contributed by atoms with Crippen molar-refractivity contribution < 1.29 is 19.8 Å². The summed E-state index contributed by atoms with van der Waals surface area (Å²) in [5, 5.41) is 22.1. The van der Waals surface area contributed by atoms with E-state index in [2.05, 4.69) is 0 Å². The molecule has 1 spiro atoms. The molecule has 2 aromatic carbocycles. The van der Waals surface area contributed by atoms with Crippen molar-refractivity contribution in [2.45, 2.75) is 43.8 Å². The lowest BCUT2D eigenvalue weighted by Crippen LogP contribution is -2.75. The van der Waals surface area contributed by atoms with Crippen LogP contribution in [0.3, 0.4) is 0 Å². The quantitative estimate of drug-likeness (QED) is 0.815. The van der Waals surface area contributed by atoms with Gasteiger partial charge in [-0.2, -0.15) is 5.06 Å². The molecule has 2 heterocycles. The standard InChI is InChI=1S/C21H24N2O4/c24-19(25)18-11-12-21(22(18)13-16-7-3-1-4-8-16)15-23(20(21)26)27-14-17-9-5-2-6-10-17/h1-10,18,20,26H,11-15H2,(H,24,25). The lowest BCUT2D eigenvalue weighted by molar-refractivity contribution is -0.352. The molecule has 2 N–H and O–H groups in total. The van der Waals surface area contributed by atoms with Crippen LogP contribution in [-0.4, -0.2) is 50.5 Å². The fraction of sp³-hybridized carbons (Fsp3) is 0.381. The minimum Gasteiger partial charge on any atom is -0.480 e. The van der Waals surface area contributed by atoms with Crippen molar-refractivity contribution in [3.05, 3.63) is 71.8 Å². The summed E-state index contributed by atoms with van der Waals surface area (Å²) in [7, 11) is 0. The third-order valence-electron chi connectivity index (χ3n) is 5.70. The first-order chi connectivity index (χ1) is 13.1. The second-order valence-corrected chi connectivity index (χ2v) is 7.32. The molecule has 0 aromatic heterocycles. The topological polar surface area (TPSA) is 73.2 Å². The third-order valence-corrected chi connectivity index (χ3v) is 5.70. The Morgan fingerprint density at radius 3 is 2.30 bits per heavy atom. The van der Waals surface area contributed by atoms with Gasteiger partial charge in [0.15, 0.2) is 0 Å². The van der Waals surface area contributed by atoms with Crippen LogP contribution in [-0.2, 0) is 22.8 Å². The van der Waals surface area contributed by atoms with Gasteiger partial charge < -0.3 is 10.2 Å². The van der Waals surface area contributed by atoms with Gasteiger partial charge in [0.2, 0.25) is 0 Å². The summed E-state index contributed by atoms with van der Waals surface area (Å²) < 4.78 is 0. The zero-order valence-electron chi connectivity index (χ0n) is 15.1. The van der Waals surface area contributed by atoms with Gasteiger partial charge in [-0.25, -0.2) is 0 Å². The van der Waals surface area contributed by atoms with Crippen LogP contribution < -0.4 is 0 Å². The van der Waals surface area contributed by atoms with Crippen molar-refractivity contribution >= 4 is 5.97 Å². The minimum atomic E-state index is -0.839. The molecule has 2 aromatic rings. The van der Waals surface area contributed by atoms with E-state index in [9.17, 15) is 15.0 Å². The van der Waals surface area contributed by atoms with Crippen LogP contribution in [0, 0.1) is 0 Å². The van der Waals surface area contributed by atoms with Crippen LogP contribution in [0.1, 0.15) is 24.0 Å². The number of aliphatic carboxylic acids is 1. The van der Waals surface area contributed by atoms with Gasteiger partial charge in [0.05, 0.1) is 12.1 Å². The van der Waals surface area contributed by atoms with Gasteiger partial charge in [-0.15, -0.1) is 0 Å². The fourth-order valence-electron chi connectivity index (χ4n) is 4.19. The predicted molar refractivity (Wildman–Crippen MR) is 99.3 cm³/mol. The molecule has 2 saturated heterocycles. The van der Waals surface area contributed by atoms with Crippen molar-refractivity contribution in [3.8, 4) is 0 Å². The number of likely N-dealkylation sites (tertiary alicyclic amines) is 1. The van der Waals surface area contributed by atoms with Crippen molar-refractivity contribution in [2.24, 2.45) is 0 Å². The molecule has 3 atom stereocenters. The van der Waals surface area contributed by atoms with E-state index in [1.807, 2.05) is 65.6 Å². The molecule has 0 saturated carbocycles. The predicted octanol–water partition coefficient (Wildman–Crippen LogP) is 2.24. The molecule has 0 amide bonds. The third kappa shape index (κ3) is 3.37. The van der Waals surface area contributed by atoms with E-state index in [4.69, 9.17) is 4.84 Å². The Balaban J connectivity index is 1.46. The number of hydrogen-bond acceptors (Lipinski definition) is 5. The highest BCUT2D eigenvalue weighted by Gasteiger charge is 2.62. The van der Waals surface area contributed by atoms with E-state index in [0.717, 1.165) is 11.1 Å². The summed E-state index contributed by atoms with van der Waals surface area (Å²) in [6.07, 6.45) is 0.337. The van der Waals surface area contributed by atoms with Crippen LogP contribution >= 0.6 is 0 Å². The number of hydrogen-bond donors (Lipinski definition) is 2. The Bertz CT molecular complexity index is 785. The number of aliphatic hydroxyl groups is 1. The van der Waals surface area contributed by atoms with Crippen LogP contribution in [0.4, 0.5) is 0 Å². The SMILES string of the molecule is O=C(O)C1CCC2(CN(OCc3ccccc3)C2O)N1Cc1ccccc1. The Morgan fingerprint density at radius 1 is 1.07 bits per heavy atom. The van der Waals surface area contributed by atoms with Gasteiger partial charge in [0, 0.05) is 13.1 Å². The van der Waals surface area contributed by atoms with Crippen molar-refractivity contribution in [3.63, 3.8) is 0 Å². The number of nitrogens with zero attached hydrogens (tertiary/aromatic N) is 2. The van der Waals surface area contributed by atoms with Crippen LogP contribution in [0.25, 0.3) is 0 Å². The van der Waals surface area contributed by atoms with Gasteiger partial charge in [-0.05, 0) is 24.0 Å². The average Bonchev–Trinajstić information content (AvgIpc) is 3.07. The minimum absolute atomic E-state index is 0.384. The zero-order chi connectivity index (χ0) is 18.9. The highest BCUT2D eigenvalue weighted by molar-refractivity contribution is 5.74. The van der Waals surface area contributed by atoms with E-state index < -0.39 is 23.8 Å². The first-order valence-electron chi connectivity index (χ1n) is 9.25. The molecule has 6 nitrogen and oxygen atoms in total. The van der Waals surface area contributed by atoms with E-state index >= 15 is 0 Å². The number of carboxylic acids is 1. The molecule has 0 radical (unpaired) electrons. The highest BCUT2D eigenvalue weighted by atomic mass is 16.7. The number of benzene rings is 2. The molecular weight excluding hydrogens is 344 g/mol. The van der Waals surface area contributed by atoms with E-state index in [0.29, 0.717) is 32.5 Å². The van der Waals surface area contributed by atoms with Crippen LogP contribution in [0.15, 0.2) is 60.7 Å². The first kappa shape index (κ1) is 18.1. The fourth-order valence-corrected chi connectivity index (χ4v) is 4.19. The Labute approximate surface area is 158 Å². The molecule has 4 rings (SSSR count). The summed E-state index contributed by atoms with van der Waals surface area (Å²) in [4.78, 5) is 19.5. The molecule has 3 unspecified atom stereocenters. The first-order valence-corrected chi connectivity index (χ1v) is 9.25. The number of hydroxylamine groups is 2.